The Labute approximate surface area is 98.9 Å². The van der Waals surface area contributed by atoms with Crippen LogP contribution in [0.4, 0.5) is 0 Å². The average Bonchev–Trinajstić information content (AvgIpc) is 2.84. The molecule has 2 aromatic heterocycles. The molecular weight excluding hydrogens is 216 g/mol. The first kappa shape index (κ1) is 10.5. The number of aryl methyl sites for hydroxylation is 1. The van der Waals surface area contributed by atoms with Crippen LogP contribution in [0, 0.1) is 0 Å². The van der Waals surface area contributed by atoms with E-state index >= 15 is 0 Å². The molecule has 3 rings (SSSR count). The molecule has 5 heteroatoms. The number of rotatable bonds is 1. The molecule has 2 N–H and O–H groups in total. The predicted molar refractivity (Wildman–Crippen MR) is 65.8 cm³/mol. The molecule has 1 aliphatic carbocycles. The number of fused-ring (bicyclic) bond motifs is 1. The summed E-state index contributed by atoms with van der Waals surface area (Å²) in [6, 6.07) is 2.37. The van der Waals surface area contributed by atoms with Crippen molar-refractivity contribution in [1.82, 2.24) is 14.1 Å². The van der Waals surface area contributed by atoms with Crippen LogP contribution in [0.15, 0.2) is 23.3 Å². The van der Waals surface area contributed by atoms with E-state index in [2.05, 4.69) is 4.98 Å². The van der Waals surface area contributed by atoms with Crippen molar-refractivity contribution in [3.05, 3.63) is 28.9 Å². The Bertz CT molecular complexity index is 612. The highest BCUT2D eigenvalue weighted by Gasteiger charge is 2.26. The zero-order chi connectivity index (χ0) is 12.0. The van der Waals surface area contributed by atoms with E-state index in [0.29, 0.717) is 0 Å². The van der Waals surface area contributed by atoms with Crippen LogP contribution in [0.5, 0.6) is 0 Å². The minimum absolute atomic E-state index is 0.0344. The minimum atomic E-state index is 0.0344. The Morgan fingerprint density at radius 2 is 2.24 bits per heavy atom. The van der Waals surface area contributed by atoms with Crippen LogP contribution in [0.25, 0.3) is 11.0 Å². The molecule has 5 nitrogen and oxygen atoms in total. The topological polar surface area (TPSA) is 65.8 Å². The van der Waals surface area contributed by atoms with Gasteiger partial charge in [-0.25, -0.2) is 4.79 Å². The molecule has 0 bridgehead atoms. The SMILES string of the molecule is Cn1c(=O)n(C2CCC(N)C2)c2ccncc21. The monoisotopic (exact) mass is 232 g/mol. The largest absolute Gasteiger partial charge is 0.329 e. The highest BCUT2D eigenvalue weighted by molar-refractivity contribution is 5.74. The molecule has 0 aromatic carbocycles. The number of hydrogen-bond acceptors (Lipinski definition) is 3. The standard InChI is InChI=1S/C12H16N4O/c1-15-11-7-14-5-4-10(11)16(12(15)17)9-3-2-8(13)6-9/h4-5,7-9H,2-3,6,13H2,1H3. The first-order valence-electron chi connectivity index (χ1n) is 5.95. The molecule has 0 saturated heterocycles. The molecule has 2 heterocycles. The number of pyridine rings is 1. The third kappa shape index (κ3) is 1.50. The van der Waals surface area contributed by atoms with Crippen molar-refractivity contribution in [2.45, 2.75) is 31.3 Å². The quantitative estimate of drug-likeness (QED) is 0.790. The van der Waals surface area contributed by atoms with Crippen LogP contribution in [-0.4, -0.2) is 20.2 Å². The summed E-state index contributed by atoms with van der Waals surface area (Å²) in [5, 5.41) is 0. The van der Waals surface area contributed by atoms with Crippen LogP contribution in [-0.2, 0) is 7.05 Å². The van der Waals surface area contributed by atoms with Gasteiger partial charge in [-0.2, -0.15) is 0 Å². The van der Waals surface area contributed by atoms with Gasteiger partial charge >= 0.3 is 5.69 Å². The van der Waals surface area contributed by atoms with Crippen molar-refractivity contribution in [3.63, 3.8) is 0 Å². The van der Waals surface area contributed by atoms with Crippen LogP contribution < -0.4 is 11.4 Å². The van der Waals surface area contributed by atoms with E-state index in [1.807, 2.05) is 10.6 Å². The molecule has 17 heavy (non-hydrogen) atoms. The van der Waals surface area contributed by atoms with Crippen molar-refractivity contribution in [2.75, 3.05) is 0 Å². The molecule has 2 unspecified atom stereocenters. The van der Waals surface area contributed by atoms with Crippen molar-refractivity contribution < 1.29 is 0 Å². The van der Waals surface area contributed by atoms with E-state index in [0.717, 1.165) is 30.3 Å². The third-order valence-corrected chi connectivity index (χ3v) is 3.70. The maximum Gasteiger partial charge on any atom is 0.329 e. The fourth-order valence-electron chi connectivity index (χ4n) is 2.79. The summed E-state index contributed by atoms with van der Waals surface area (Å²) in [7, 11) is 1.79. The van der Waals surface area contributed by atoms with Gasteiger partial charge in [0.1, 0.15) is 0 Å². The van der Waals surface area contributed by atoms with Gasteiger partial charge in [-0.15, -0.1) is 0 Å². The highest BCUT2D eigenvalue weighted by atomic mass is 16.1. The minimum Gasteiger partial charge on any atom is -0.328 e. The Kier molecular flexibility index (Phi) is 2.29. The molecule has 1 saturated carbocycles. The van der Waals surface area contributed by atoms with Gasteiger partial charge in [0.2, 0.25) is 0 Å². The summed E-state index contributed by atoms with van der Waals surface area (Å²) in [6.07, 6.45) is 6.34. The molecule has 0 amide bonds. The maximum atomic E-state index is 12.2. The van der Waals surface area contributed by atoms with E-state index in [1.54, 1.807) is 24.0 Å². The Morgan fingerprint density at radius 3 is 2.94 bits per heavy atom. The normalized spacial score (nSPS) is 24.6. The summed E-state index contributed by atoms with van der Waals surface area (Å²) in [4.78, 5) is 16.3. The predicted octanol–water partition coefficient (Wildman–Crippen LogP) is 0.787. The summed E-state index contributed by atoms with van der Waals surface area (Å²) < 4.78 is 3.54. The van der Waals surface area contributed by atoms with E-state index < -0.39 is 0 Å². The summed E-state index contributed by atoms with van der Waals surface area (Å²) in [5.41, 5.74) is 7.81. The number of imidazole rings is 1. The van der Waals surface area contributed by atoms with Gasteiger partial charge in [0.25, 0.3) is 0 Å². The first-order chi connectivity index (χ1) is 8.18. The molecule has 1 aliphatic rings. The summed E-state index contributed by atoms with van der Waals surface area (Å²) >= 11 is 0. The lowest BCUT2D eigenvalue weighted by molar-refractivity contribution is 0.501. The first-order valence-corrected chi connectivity index (χ1v) is 5.95. The van der Waals surface area contributed by atoms with Gasteiger partial charge in [-0.05, 0) is 25.3 Å². The van der Waals surface area contributed by atoms with Crippen LogP contribution in [0.2, 0.25) is 0 Å². The number of nitrogens with zero attached hydrogens (tertiary/aromatic N) is 3. The second-order valence-electron chi connectivity index (χ2n) is 4.80. The van der Waals surface area contributed by atoms with Crippen molar-refractivity contribution in [3.8, 4) is 0 Å². The van der Waals surface area contributed by atoms with E-state index in [1.165, 1.54) is 0 Å². The molecule has 0 radical (unpaired) electrons. The number of aromatic nitrogens is 3. The number of hydrogen-bond donors (Lipinski definition) is 1. The summed E-state index contributed by atoms with van der Waals surface area (Å²) in [5.74, 6) is 0. The second-order valence-corrected chi connectivity index (χ2v) is 4.80. The Balaban J connectivity index is 2.22. The zero-order valence-corrected chi connectivity index (χ0v) is 9.84. The van der Waals surface area contributed by atoms with Crippen LogP contribution >= 0.6 is 0 Å². The van der Waals surface area contributed by atoms with Crippen molar-refractivity contribution >= 4 is 11.0 Å². The molecule has 2 aromatic rings. The van der Waals surface area contributed by atoms with E-state index in [-0.39, 0.29) is 17.8 Å². The number of nitrogens with two attached hydrogens (primary N) is 1. The van der Waals surface area contributed by atoms with Gasteiger partial charge in [-0.1, -0.05) is 0 Å². The lowest BCUT2D eigenvalue weighted by Gasteiger charge is -2.11. The van der Waals surface area contributed by atoms with Gasteiger partial charge in [-0.3, -0.25) is 14.1 Å². The van der Waals surface area contributed by atoms with Crippen molar-refractivity contribution in [1.29, 1.82) is 0 Å². The molecule has 1 fully saturated rings. The van der Waals surface area contributed by atoms with E-state index in [4.69, 9.17) is 5.73 Å². The van der Waals surface area contributed by atoms with E-state index in [9.17, 15) is 4.79 Å². The zero-order valence-electron chi connectivity index (χ0n) is 9.84. The highest BCUT2D eigenvalue weighted by Crippen LogP contribution is 2.30. The van der Waals surface area contributed by atoms with Crippen LogP contribution in [0.1, 0.15) is 25.3 Å². The molecular formula is C12H16N4O. The van der Waals surface area contributed by atoms with Gasteiger partial charge in [0.15, 0.2) is 0 Å². The lowest BCUT2D eigenvalue weighted by atomic mass is 10.2. The van der Waals surface area contributed by atoms with Crippen LogP contribution in [0.3, 0.4) is 0 Å². The summed E-state index contributed by atoms with van der Waals surface area (Å²) in [6.45, 7) is 0. The molecule has 0 spiro atoms. The van der Waals surface area contributed by atoms with Crippen molar-refractivity contribution in [2.24, 2.45) is 12.8 Å². The van der Waals surface area contributed by atoms with Gasteiger partial charge in [0, 0.05) is 25.3 Å². The Hall–Kier alpha value is -1.62. The molecule has 2 atom stereocenters. The average molecular weight is 232 g/mol. The lowest BCUT2D eigenvalue weighted by Crippen LogP contribution is -2.26. The fraction of sp³-hybridized carbons (Fsp3) is 0.500. The molecule has 0 aliphatic heterocycles. The van der Waals surface area contributed by atoms with Gasteiger partial charge in [0.05, 0.1) is 17.2 Å². The third-order valence-electron chi connectivity index (χ3n) is 3.70. The van der Waals surface area contributed by atoms with Gasteiger partial charge < -0.3 is 5.73 Å². The Morgan fingerprint density at radius 1 is 1.41 bits per heavy atom. The fourth-order valence-corrected chi connectivity index (χ4v) is 2.79. The maximum absolute atomic E-state index is 12.2. The second kappa shape index (κ2) is 3.70. The smallest absolute Gasteiger partial charge is 0.328 e. The molecule has 90 valence electrons.